The average Bonchev–Trinajstić information content (AvgIpc) is 2.30. The van der Waals surface area contributed by atoms with Crippen LogP contribution in [0, 0.1) is 0 Å². The van der Waals surface area contributed by atoms with E-state index in [-0.39, 0.29) is 5.91 Å². The zero-order valence-electron chi connectivity index (χ0n) is 10.2. The van der Waals surface area contributed by atoms with Crippen LogP contribution < -0.4 is 5.32 Å². The van der Waals surface area contributed by atoms with Gasteiger partial charge in [-0.3, -0.25) is 4.79 Å². The van der Waals surface area contributed by atoms with Crippen LogP contribution in [-0.4, -0.2) is 11.9 Å². The van der Waals surface area contributed by atoms with Crippen LogP contribution in [0.1, 0.15) is 51.9 Å². The number of rotatable bonds is 5. The first kappa shape index (κ1) is 13.0. The van der Waals surface area contributed by atoms with Gasteiger partial charge in [0.1, 0.15) is 0 Å². The first-order valence-electron chi connectivity index (χ1n) is 6.46. The highest BCUT2D eigenvalue weighted by molar-refractivity contribution is 5.87. The molecule has 16 heavy (non-hydrogen) atoms. The van der Waals surface area contributed by atoms with Crippen LogP contribution in [0.4, 0.5) is 0 Å². The third kappa shape index (κ3) is 5.74. The fourth-order valence-electron chi connectivity index (χ4n) is 1.98. The minimum absolute atomic E-state index is 0.0491. The number of hydrogen-bond donors (Lipinski definition) is 1. The van der Waals surface area contributed by atoms with E-state index in [4.69, 9.17) is 0 Å². The fourth-order valence-corrected chi connectivity index (χ4v) is 1.98. The molecule has 0 bridgehead atoms. The molecule has 1 fully saturated rings. The molecule has 0 aromatic rings. The van der Waals surface area contributed by atoms with E-state index >= 15 is 0 Å². The van der Waals surface area contributed by atoms with Gasteiger partial charge in [-0.25, -0.2) is 0 Å². The zero-order chi connectivity index (χ0) is 11.6. The van der Waals surface area contributed by atoms with E-state index in [0.717, 1.165) is 25.7 Å². The van der Waals surface area contributed by atoms with E-state index in [1.54, 1.807) is 6.08 Å². The molecule has 1 saturated carbocycles. The summed E-state index contributed by atoms with van der Waals surface area (Å²) in [6, 6.07) is 0.408. The van der Waals surface area contributed by atoms with Gasteiger partial charge >= 0.3 is 0 Å². The Morgan fingerprint density at radius 2 is 2.00 bits per heavy atom. The largest absolute Gasteiger partial charge is 0.350 e. The second-order valence-corrected chi connectivity index (χ2v) is 4.42. The summed E-state index contributed by atoms with van der Waals surface area (Å²) in [4.78, 5) is 11.5. The predicted molar refractivity (Wildman–Crippen MR) is 68.2 cm³/mol. The molecule has 0 saturated heterocycles. The third-order valence-corrected chi connectivity index (χ3v) is 2.90. The zero-order valence-corrected chi connectivity index (χ0v) is 10.2. The number of carbonyl (C=O) groups excluding carboxylic acids is 1. The average molecular weight is 221 g/mol. The molecule has 1 rings (SSSR count). The van der Waals surface area contributed by atoms with Gasteiger partial charge in [0, 0.05) is 12.1 Å². The summed E-state index contributed by atoms with van der Waals surface area (Å²) < 4.78 is 0. The van der Waals surface area contributed by atoms with Crippen LogP contribution in [0.15, 0.2) is 24.3 Å². The van der Waals surface area contributed by atoms with Crippen molar-refractivity contribution in [3.05, 3.63) is 24.3 Å². The molecule has 2 heteroatoms. The van der Waals surface area contributed by atoms with Gasteiger partial charge in [0.15, 0.2) is 0 Å². The summed E-state index contributed by atoms with van der Waals surface area (Å²) in [6.07, 6.45) is 15.8. The number of hydrogen-bond acceptors (Lipinski definition) is 1. The predicted octanol–water partition coefficient (Wildman–Crippen LogP) is 3.35. The molecule has 0 aliphatic heterocycles. The number of nitrogens with one attached hydrogen (secondary N) is 1. The normalized spacial score (nSPS) is 18.3. The molecular weight excluding hydrogens is 198 g/mol. The minimum Gasteiger partial charge on any atom is -0.350 e. The van der Waals surface area contributed by atoms with Gasteiger partial charge in [-0.15, -0.1) is 0 Å². The maximum atomic E-state index is 11.5. The molecule has 0 unspecified atom stereocenters. The molecule has 0 spiro atoms. The van der Waals surface area contributed by atoms with Crippen molar-refractivity contribution in [2.45, 2.75) is 57.9 Å². The molecule has 1 aliphatic carbocycles. The highest BCUT2D eigenvalue weighted by atomic mass is 16.1. The summed E-state index contributed by atoms with van der Waals surface area (Å²) in [7, 11) is 0. The monoisotopic (exact) mass is 221 g/mol. The number of amides is 1. The van der Waals surface area contributed by atoms with Gasteiger partial charge < -0.3 is 5.32 Å². The van der Waals surface area contributed by atoms with E-state index < -0.39 is 0 Å². The second kappa shape index (κ2) is 8.14. The Kier molecular flexibility index (Phi) is 6.62. The minimum atomic E-state index is 0.0491. The maximum absolute atomic E-state index is 11.5. The Morgan fingerprint density at radius 3 is 2.69 bits per heavy atom. The topological polar surface area (TPSA) is 29.1 Å². The van der Waals surface area contributed by atoms with Crippen molar-refractivity contribution in [3.8, 4) is 0 Å². The van der Waals surface area contributed by atoms with Crippen molar-refractivity contribution in [2.75, 3.05) is 0 Å². The van der Waals surface area contributed by atoms with Crippen molar-refractivity contribution in [1.82, 2.24) is 5.32 Å². The highest BCUT2D eigenvalue weighted by Gasteiger charge is 2.13. The molecular formula is C14H23NO. The maximum Gasteiger partial charge on any atom is 0.244 e. The van der Waals surface area contributed by atoms with Crippen LogP contribution in [0.2, 0.25) is 0 Å². The standard InChI is InChI=1S/C14H23NO/c1-2-3-4-5-9-12-14(16)15-13-10-7-6-8-11-13/h4-5,9,12-13H,2-3,6-8,10-11H2,1H3,(H,15,16)/b5-4+,12-9+. The lowest BCUT2D eigenvalue weighted by Crippen LogP contribution is -2.34. The highest BCUT2D eigenvalue weighted by Crippen LogP contribution is 2.17. The molecule has 0 atom stereocenters. The van der Waals surface area contributed by atoms with Crippen molar-refractivity contribution in [1.29, 1.82) is 0 Å². The van der Waals surface area contributed by atoms with Crippen molar-refractivity contribution < 1.29 is 4.79 Å². The molecule has 0 aromatic heterocycles. The van der Waals surface area contributed by atoms with Gasteiger partial charge in [-0.2, -0.15) is 0 Å². The lowest BCUT2D eigenvalue weighted by Gasteiger charge is -2.21. The van der Waals surface area contributed by atoms with E-state index in [1.807, 2.05) is 12.2 Å². The molecule has 1 aliphatic rings. The van der Waals surface area contributed by atoms with Crippen molar-refractivity contribution >= 4 is 5.91 Å². The van der Waals surface area contributed by atoms with Crippen LogP contribution in [0.3, 0.4) is 0 Å². The number of unbranched alkanes of at least 4 members (excludes halogenated alkanes) is 1. The summed E-state index contributed by atoms with van der Waals surface area (Å²) >= 11 is 0. The first-order chi connectivity index (χ1) is 7.83. The SMILES string of the molecule is CCC/C=C/C=C/C(=O)NC1CCCCC1. The molecule has 2 nitrogen and oxygen atoms in total. The Labute approximate surface area is 98.8 Å². The van der Waals surface area contributed by atoms with E-state index in [0.29, 0.717) is 6.04 Å². The molecule has 0 radical (unpaired) electrons. The quantitative estimate of drug-likeness (QED) is 0.560. The molecule has 0 aromatic carbocycles. The smallest absolute Gasteiger partial charge is 0.244 e. The molecule has 90 valence electrons. The molecule has 1 N–H and O–H groups in total. The van der Waals surface area contributed by atoms with Crippen LogP contribution in [0.5, 0.6) is 0 Å². The van der Waals surface area contributed by atoms with Crippen LogP contribution >= 0.6 is 0 Å². The van der Waals surface area contributed by atoms with E-state index in [1.165, 1.54) is 19.3 Å². The van der Waals surface area contributed by atoms with Gasteiger partial charge in [0.05, 0.1) is 0 Å². The molecule has 0 heterocycles. The second-order valence-electron chi connectivity index (χ2n) is 4.42. The lowest BCUT2D eigenvalue weighted by atomic mass is 9.95. The third-order valence-electron chi connectivity index (χ3n) is 2.90. The fraction of sp³-hybridized carbons (Fsp3) is 0.643. The van der Waals surface area contributed by atoms with Crippen molar-refractivity contribution in [2.24, 2.45) is 0 Å². The Bertz CT molecular complexity index is 249. The van der Waals surface area contributed by atoms with Gasteiger partial charge in [-0.05, 0) is 19.3 Å². The van der Waals surface area contributed by atoms with Crippen LogP contribution in [0.25, 0.3) is 0 Å². The summed E-state index contributed by atoms with van der Waals surface area (Å²) in [5.74, 6) is 0.0491. The Hall–Kier alpha value is -1.05. The Balaban J connectivity index is 2.18. The number of allylic oxidation sites excluding steroid dienone is 3. The van der Waals surface area contributed by atoms with Gasteiger partial charge in [-0.1, -0.05) is 50.8 Å². The van der Waals surface area contributed by atoms with Gasteiger partial charge in [0.25, 0.3) is 0 Å². The lowest BCUT2D eigenvalue weighted by molar-refractivity contribution is -0.117. The summed E-state index contributed by atoms with van der Waals surface area (Å²) in [5, 5.41) is 3.05. The summed E-state index contributed by atoms with van der Waals surface area (Å²) in [6.45, 7) is 2.14. The van der Waals surface area contributed by atoms with E-state index in [2.05, 4.69) is 18.3 Å². The van der Waals surface area contributed by atoms with Gasteiger partial charge in [0.2, 0.25) is 5.91 Å². The van der Waals surface area contributed by atoms with Crippen LogP contribution in [-0.2, 0) is 4.79 Å². The number of carbonyl (C=O) groups is 1. The first-order valence-corrected chi connectivity index (χ1v) is 6.46. The van der Waals surface area contributed by atoms with Crippen molar-refractivity contribution in [3.63, 3.8) is 0 Å². The van der Waals surface area contributed by atoms with E-state index in [9.17, 15) is 4.79 Å². The Morgan fingerprint density at radius 1 is 1.25 bits per heavy atom. The molecule has 1 amide bonds. The summed E-state index contributed by atoms with van der Waals surface area (Å²) in [5.41, 5.74) is 0.